The van der Waals surface area contributed by atoms with Crippen molar-refractivity contribution < 1.29 is 14.7 Å². The number of ether oxygens (including phenoxy) is 2. The Morgan fingerprint density at radius 1 is 1.06 bits per heavy atom. The van der Waals surface area contributed by atoms with Crippen molar-refractivity contribution in [1.82, 2.24) is 9.97 Å². The Hall–Kier alpha value is -4.33. The Labute approximate surface area is 204 Å². The molecule has 180 valence electrons. The number of methoxy groups -OCH3 is 1. The van der Waals surface area contributed by atoms with Crippen molar-refractivity contribution in [3.05, 3.63) is 77.9 Å². The molecular weight excluding hydrogens is 442 g/mol. The minimum Gasteiger partial charge on any atom is -0.496 e. The summed E-state index contributed by atoms with van der Waals surface area (Å²) in [6.07, 6.45) is 1.13. The Balaban J connectivity index is 1.54. The van der Waals surface area contributed by atoms with Gasteiger partial charge in [0.05, 0.1) is 19.4 Å². The molecule has 0 amide bonds. The van der Waals surface area contributed by atoms with Gasteiger partial charge in [-0.1, -0.05) is 59.8 Å². The van der Waals surface area contributed by atoms with E-state index in [0.717, 1.165) is 34.6 Å². The quantitative estimate of drug-likeness (QED) is 0.133. The normalized spacial score (nSPS) is 11.4. The van der Waals surface area contributed by atoms with Gasteiger partial charge in [-0.2, -0.15) is 9.97 Å². The van der Waals surface area contributed by atoms with E-state index >= 15 is 0 Å². The first-order valence-corrected chi connectivity index (χ1v) is 11.5. The molecule has 0 saturated carbocycles. The molecule has 0 saturated heterocycles. The second-order valence-corrected chi connectivity index (χ2v) is 7.96. The molecule has 0 aliphatic carbocycles. The number of hydrogen-bond donors (Lipinski definition) is 3. The van der Waals surface area contributed by atoms with E-state index in [9.17, 15) is 0 Å². The molecule has 0 fully saturated rings. The van der Waals surface area contributed by atoms with Crippen molar-refractivity contribution >= 4 is 22.4 Å². The number of fused-ring (bicyclic) bond motifs is 1. The molecule has 0 spiro atoms. The van der Waals surface area contributed by atoms with Gasteiger partial charge >= 0.3 is 6.01 Å². The second-order valence-electron chi connectivity index (χ2n) is 7.96. The molecule has 0 unspecified atom stereocenters. The summed E-state index contributed by atoms with van der Waals surface area (Å²) in [4.78, 5) is 9.07. The lowest BCUT2D eigenvalue weighted by atomic mass is 10.0. The summed E-state index contributed by atoms with van der Waals surface area (Å²) in [6, 6.07) is 22.4. The second kappa shape index (κ2) is 11.2. The zero-order valence-electron chi connectivity index (χ0n) is 19.9. The van der Waals surface area contributed by atoms with Crippen LogP contribution in [0.3, 0.4) is 0 Å². The van der Waals surface area contributed by atoms with Crippen molar-refractivity contribution in [2.45, 2.75) is 19.8 Å². The van der Waals surface area contributed by atoms with Crippen LogP contribution in [0.5, 0.6) is 11.8 Å². The summed E-state index contributed by atoms with van der Waals surface area (Å²) < 4.78 is 11.2. The number of nitrogens with zero attached hydrogens (tertiary/aromatic N) is 3. The fourth-order valence-corrected chi connectivity index (χ4v) is 3.98. The number of rotatable bonds is 10. The molecule has 1 heterocycles. The molecule has 3 aromatic carbocycles. The van der Waals surface area contributed by atoms with E-state index in [0.29, 0.717) is 31.4 Å². The molecule has 4 rings (SSSR count). The van der Waals surface area contributed by atoms with E-state index in [4.69, 9.17) is 20.4 Å². The Morgan fingerprint density at radius 2 is 1.86 bits per heavy atom. The number of oxime groups is 1. The molecule has 0 atom stereocenters. The average Bonchev–Trinajstić information content (AvgIpc) is 2.89. The lowest BCUT2D eigenvalue weighted by molar-refractivity contribution is 0.313. The number of anilines is 1. The van der Waals surface area contributed by atoms with Crippen LogP contribution in [-0.2, 0) is 12.8 Å². The van der Waals surface area contributed by atoms with Crippen molar-refractivity contribution in [1.29, 1.82) is 0 Å². The molecule has 0 bridgehead atoms. The molecule has 0 radical (unpaired) electrons. The predicted molar refractivity (Wildman–Crippen MR) is 138 cm³/mol. The van der Waals surface area contributed by atoms with Gasteiger partial charge in [-0.25, -0.2) is 0 Å². The topological polar surface area (TPSA) is 115 Å². The standard InChI is InChI=1S/C27H29N5O3/c1-3-35-27-30-23(20-10-8-18(9-11-20)16-25(28)32-33)17-26(31-27)29-15-14-22-21-7-5-4-6-19(21)12-13-24(22)34-2/h4-13,17,33H,3,14-16H2,1-2H3,(H2,28,32)(H,29,30,31). The zero-order valence-corrected chi connectivity index (χ0v) is 19.9. The van der Waals surface area contributed by atoms with E-state index in [1.807, 2.05) is 55.5 Å². The fraction of sp³-hybridized carbons (Fsp3) is 0.222. The highest BCUT2D eigenvalue weighted by molar-refractivity contribution is 5.88. The van der Waals surface area contributed by atoms with Gasteiger partial charge in [-0.15, -0.1) is 0 Å². The summed E-state index contributed by atoms with van der Waals surface area (Å²) in [5.41, 5.74) is 9.35. The summed E-state index contributed by atoms with van der Waals surface area (Å²) in [6.45, 7) is 3.03. The van der Waals surface area contributed by atoms with Crippen LogP contribution in [0.25, 0.3) is 22.0 Å². The largest absolute Gasteiger partial charge is 0.496 e. The molecule has 8 heteroatoms. The number of amidine groups is 1. The number of aromatic nitrogens is 2. The maximum Gasteiger partial charge on any atom is 0.318 e. The van der Waals surface area contributed by atoms with Gasteiger partial charge in [0.25, 0.3) is 0 Å². The summed E-state index contributed by atoms with van der Waals surface area (Å²) in [7, 11) is 1.70. The number of hydrogen-bond acceptors (Lipinski definition) is 7. The molecule has 35 heavy (non-hydrogen) atoms. The van der Waals surface area contributed by atoms with Crippen molar-refractivity contribution in [3.63, 3.8) is 0 Å². The molecule has 8 nitrogen and oxygen atoms in total. The maximum atomic E-state index is 8.78. The number of nitrogens with two attached hydrogens (primary N) is 1. The predicted octanol–water partition coefficient (Wildman–Crippen LogP) is 4.65. The van der Waals surface area contributed by atoms with Crippen molar-refractivity contribution in [2.75, 3.05) is 25.6 Å². The van der Waals surface area contributed by atoms with Gasteiger partial charge in [0, 0.05) is 30.2 Å². The number of benzene rings is 3. The van der Waals surface area contributed by atoms with Crippen LogP contribution < -0.4 is 20.5 Å². The van der Waals surface area contributed by atoms with E-state index in [1.165, 1.54) is 10.8 Å². The average molecular weight is 472 g/mol. The molecule has 0 aliphatic heterocycles. The van der Waals surface area contributed by atoms with Gasteiger partial charge in [-0.05, 0) is 35.7 Å². The third-order valence-corrected chi connectivity index (χ3v) is 5.64. The Morgan fingerprint density at radius 3 is 2.60 bits per heavy atom. The Kier molecular flexibility index (Phi) is 7.62. The first-order chi connectivity index (χ1) is 17.1. The van der Waals surface area contributed by atoms with E-state index in [1.54, 1.807) is 7.11 Å². The van der Waals surface area contributed by atoms with Crippen LogP contribution >= 0.6 is 0 Å². The molecule has 0 aliphatic rings. The van der Waals surface area contributed by atoms with Crippen LogP contribution in [0.15, 0.2) is 71.9 Å². The zero-order chi connectivity index (χ0) is 24.6. The molecule has 1 aromatic heterocycles. The van der Waals surface area contributed by atoms with Crippen molar-refractivity contribution in [2.24, 2.45) is 10.9 Å². The van der Waals surface area contributed by atoms with Crippen LogP contribution in [0, 0.1) is 0 Å². The van der Waals surface area contributed by atoms with Crippen LogP contribution in [0.2, 0.25) is 0 Å². The van der Waals surface area contributed by atoms with E-state index in [-0.39, 0.29) is 5.84 Å². The van der Waals surface area contributed by atoms with Gasteiger partial charge in [0.1, 0.15) is 17.4 Å². The minimum atomic E-state index is 0.160. The third-order valence-electron chi connectivity index (χ3n) is 5.64. The summed E-state index contributed by atoms with van der Waals surface area (Å²) >= 11 is 0. The van der Waals surface area contributed by atoms with Crippen molar-refractivity contribution in [3.8, 4) is 23.0 Å². The van der Waals surface area contributed by atoms with Crippen LogP contribution in [-0.4, -0.2) is 41.3 Å². The molecule has 4 aromatic rings. The summed E-state index contributed by atoms with van der Waals surface area (Å²) in [5, 5.41) is 17.6. The monoisotopic (exact) mass is 471 g/mol. The Bertz CT molecular complexity index is 1320. The van der Waals surface area contributed by atoms with E-state index in [2.05, 4.69) is 38.6 Å². The first kappa shape index (κ1) is 23.8. The maximum absolute atomic E-state index is 8.78. The first-order valence-electron chi connectivity index (χ1n) is 11.5. The fourth-order valence-electron chi connectivity index (χ4n) is 3.98. The number of nitrogens with one attached hydrogen (secondary N) is 1. The van der Waals surface area contributed by atoms with Crippen LogP contribution in [0.4, 0.5) is 5.82 Å². The van der Waals surface area contributed by atoms with Crippen LogP contribution in [0.1, 0.15) is 18.1 Å². The SMILES string of the molecule is CCOc1nc(NCCc2c(OC)ccc3ccccc23)cc(-c2ccc(CC(N)=NO)cc2)n1. The highest BCUT2D eigenvalue weighted by Gasteiger charge is 2.11. The minimum absolute atomic E-state index is 0.160. The van der Waals surface area contributed by atoms with Gasteiger partial charge in [-0.3, -0.25) is 0 Å². The van der Waals surface area contributed by atoms with Gasteiger partial charge < -0.3 is 25.7 Å². The van der Waals surface area contributed by atoms with Gasteiger partial charge in [0.2, 0.25) is 0 Å². The summed E-state index contributed by atoms with van der Waals surface area (Å²) in [5.74, 6) is 1.71. The third kappa shape index (κ3) is 5.78. The van der Waals surface area contributed by atoms with Gasteiger partial charge in [0.15, 0.2) is 0 Å². The van der Waals surface area contributed by atoms with E-state index < -0.39 is 0 Å². The highest BCUT2D eigenvalue weighted by atomic mass is 16.5. The lowest BCUT2D eigenvalue weighted by Gasteiger charge is -2.14. The highest BCUT2D eigenvalue weighted by Crippen LogP contribution is 2.29. The molecular formula is C27H29N5O3. The smallest absolute Gasteiger partial charge is 0.318 e. The lowest BCUT2D eigenvalue weighted by Crippen LogP contribution is -2.14. The molecule has 4 N–H and O–H groups in total.